The first-order valence-corrected chi connectivity index (χ1v) is 9.23. The Bertz CT molecular complexity index is 658. The van der Waals surface area contributed by atoms with Gasteiger partial charge in [0.2, 0.25) is 0 Å². The van der Waals surface area contributed by atoms with E-state index in [2.05, 4.69) is 0 Å². The van der Waals surface area contributed by atoms with E-state index in [4.69, 9.17) is 0 Å². The Balaban J connectivity index is 2.03. The van der Waals surface area contributed by atoms with Crippen LogP contribution in [0, 0.1) is 0 Å². The minimum absolute atomic E-state index is 0.0353. The van der Waals surface area contributed by atoms with Crippen LogP contribution in [-0.2, 0) is 22.7 Å². The molecule has 2 rings (SSSR count). The summed E-state index contributed by atoms with van der Waals surface area (Å²) in [5.74, 6) is 0. The van der Waals surface area contributed by atoms with Crippen molar-refractivity contribution in [1.29, 1.82) is 0 Å². The van der Waals surface area contributed by atoms with Crippen molar-refractivity contribution >= 4 is 9.84 Å². The number of halogens is 3. The summed E-state index contributed by atoms with van der Waals surface area (Å²) >= 11 is 0. The van der Waals surface area contributed by atoms with Gasteiger partial charge in [0.1, 0.15) is 0 Å². The standard InChI is InChI=1S/C15H20F3NO3S/c1-23(21,22)14-3-2-11-4-6-19(7-5-12(11)8-14)10-13(20)9-15(16,17)18/h2-3,8,13,20H,4-7,9-10H2,1H3. The number of hydrogen-bond donors (Lipinski definition) is 1. The second-order valence-corrected chi connectivity index (χ2v) is 7.99. The zero-order chi connectivity index (χ0) is 17.3. The SMILES string of the molecule is CS(=O)(=O)c1ccc2c(c1)CCN(CC(O)CC(F)(F)F)CC2. The summed E-state index contributed by atoms with van der Waals surface area (Å²) in [6.07, 6.45) is -4.71. The van der Waals surface area contributed by atoms with E-state index in [-0.39, 0.29) is 11.4 Å². The minimum atomic E-state index is -4.38. The molecule has 23 heavy (non-hydrogen) atoms. The van der Waals surface area contributed by atoms with Crippen LogP contribution in [0.1, 0.15) is 17.5 Å². The number of nitrogens with zero attached hydrogens (tertiary/aromatic N) is 1. The zero-order valence-corrected chi connectivity index (χ0v) is 13.6. The molecular weight excluding hydrogens is 331 g/mol. The number of rotatable bonds is 4. The highest BCUT2D eigenvalue weighted by molar-refractivity contribution is 7.90. The molecule has 1 atom stereocenters. The van der Waals surface area contributed by atoms with Crippen molar-refractivity contribution in [2.24, 2.45) is 0 Å². The van der Waals surface area contributed by atoms with Gasteiger partial charge in [0.25, 0.3) is 0 Å². The first-order chi connectivity index (χ1) is 10.5. The van der Waals surface area contributed by atoms with Crippen LogP contribution in [0.2, 0.25) is 0 Å². The summed E-state index contributed by atoms with van der Waals surface area (Å²) in [5, 5.41) is 9.56. The molecule has 0 spiro atoms. The van der Waals surface area contributed by atoms with E-state index < -0.39 is 28.5 Å². The molecular formula is C15H20F3NO3S. The zero-order valence-electron chi connectivity index (χ0n) is 12.8. The summed E-state index contributed by atoms with van der Waals surface area (Å²) in [6, 6.07) is 4.96. The number of benzene rings is 1. The summed E-state index contributed by atoms with van der Waals surface area (Å²) in [7, 11) is -3.28. The molecule has 0 radical (unpaired) electrons. The quantitative estimate of drug-likeness (QED) is 0.899. The molecule has 1 unspecified atom stereocenters. The van der Waals surface area contributed by atoms with Gasteiger partial charge in [-0.05, 0) is 36.1 Å². The molecule has 8 heteroatoms. The Morgan fingerprint density at radius 2 is 1.83 bits per heavy atom. The third kappa shape index (κ3) is 5.47. The maximum atomic E-state index is 12.3. The first-order valence-electron chi connectivity index (χ1n) is 7.33. The average molecular weight is 351 g/mol. The van der Waals surface area contributed by atoms with E-state index in [0.717, 1.165) is 17.4 Å². The smallest absolute Gasteiger partial charge is 0.391 e. The first kappa shape index (κ1) is 18.2. The highest BCUT2D eigenvalue weighted by Crippen LogP contribution is 2.23. The summed E-state index contributed by atoms with van der Waals surface area (Å²) < 4.78 is 60.0. The largest absolute Gasteiger partial charge is 0.391 e. The molecule has 0 amide bonds. The van der Waals surface area contributed by atoms with Crippen LogP contribution in [0.3, 0.4) is 0 Å². The number of fused-ring (bicyclic) bond motifs is 1. The van der Waals surface area contributed by atoms with E-state index in [1.54, 1.807) is 23.1 Å². The average Bonchev–Trinajstić information content (AvgIpc) is 2.57. The lowest BCUT2D eigenvalue weighted by Gasteiger charge is -2.23. The van der Waals surface area contributed by atoms with Gasteiger partial charge in [-0.3, -0.25) is 0 Å². The molecule has 1 aliphatic rings. The molecule has 0 aliphatic carbocycles. The van der Waals surface area contributed by atoms with Gasteiger partial charge >= 0.3 is 6.18 Å². The van der Waals surface area contributed by atoms with Crippen molar-refractivity contribution in [1.82, 2.24) is 4.90 Å². The molecule has 1 aromatic rings. The molecule has 1 N–H and O–H groups in total. The fraction of sp³-hybridized carbons (Fsp3) is 0.600. The molecule has 130 valence electrons. The second kappa shape index (κ2) is 6.78. The van der Waals surface area contributed by atoms with Crippen LogP contribution in [0.15, 0.2) is 23.1 Å². The van der Waals surface area contributed by atoms with E-state index in [0.29, 0.717) is 25.9 Å². The third-order valence-corrected chi connectivity index (χ3v) is 5.05. The molecule has 1 aromatic carbocycles. The number of aliphatic hydroxyl groups excluding tert-OH is 1. The molecule has 1 aliphatic heterocycles. The van der Waals surface area contributed by atoms with Crippen LogP contribution >= 0.6 is 0 Å². The van der Waals surface area contributed by atoms with Gasteiger partial charge in [-0.1, -0.05) is 6.07 Å². The van der Waals surface area contributed by atoms with E-state index in [1.807, 2.05) is 0 Å². The van der Waals surface area contributed by atoms with Gasteiger partial charge in [0.15, 0.2) is 9.84 Å². The number of hydrogen-bond acceptors (Lipinski definition) is 4. The van der Waals surface area contributed by atoms with Crippen molar-refractivity contribution in [3.63, 3.8) is 0 Å². The Hall–Kier alpha value is -1.12. The lowest BCUT2D eigenvalue weighted by molar-refractivity contribution is -0.155. The Kier molecular flexibility index (Phi) is 5.37. The third-order valence-electron chi connectivity index (χ3n) is 3.94. The van der Waals surface area contributed by atoms with Crippen LogP contribution in [0.5, 0.6) is 0 Å². The number of alkyl halides is 3. The number of aliphatic hydroxyl groups is 1. The van der Waals surface area contributed by atoms with Gasteiger partial charge in [-0.25, -0.2) is 8.42 Å². The maximum absolute atomic E-state index is 12.3. The highest BCUT2D eigenvalue weighted by Gasteiger charge is 2.32. The Labute approximate surface area is 133 Å². The molecule has 0 saturated heterocycles. The molecule has 0 fully saturated rings. The van der Waals surface area contributed by atoms with E-state index in [1.165, 1.54) is 0 Å². The van der Waals surface area contributed by atoms with Gasteiger partial charge in [-0.2, -0.15) is 13.2 Å². The van der Waals surface area contributed by atoms with Crippen LogP contribution in [0.25, 0.3) is 0 Å². The predicted molar refractivity (Wildman–Crippen MR) is 80.1 cm³/mol. The van der Waals surface area contributed by atoms with Gasteiger partial charge < -0.3 is 10.0 Å². The molecule has 4 nitrogen and oxygen atoms in total. The molecule has 1 heterocycles. The summed E-state index contributed by atoms with van der Waals surface area (Å²) in [5.41, 5.74) is 1.91. The predicted octanol–water partition coefficient (Wildman–Crippen LogP) is 1.80. The molecule has 0 saturated carbocycles. The summed E-state index contributed by atoms with van der Waals surface area (Å²) in [4.78, 5) is 2.04. The van der Waals surface area contributed by atoms with Crippen LogP contribution in [-0.4, -0.2) is 56.6 Å². The van der Waals surface area contributed by atoms with E-state index >= 15 is 0 Å². The van der Waals surface area contributed by atoms with Crippen LogP contribution in [0.4, 0.5) is 13.2 Å². The second-order valence-electron chi connectivity index (χ2n) is 5.98. The van der Waals surface area contributed by atoms with E-state index in [9.17, 15) is 26.7 Å². The van der Waals surface area contributed by atoms with Crippen molar-refractivity contribution in [3.8, 4) is 0 Å². The fourth-order valence-electron chi connectivity index (χ4n) is 2.79. The fourth-order valence-corrected chi connectivity index (χ4v) is 3.46. The maximum Gasteiger partial charge on any atom is 0.391 e. The van der Waals surface area contributed by atoms with Gasteiger partial charge in [0.05, 0.1) is 17.4 Å². The number of sulfone groups is 1. The van der Waals surface area contributed by atoms with Crippen molar-refractivity contribution in [2.75, 3.05) is 25.9 Å². The lowest BCUT2D eigenvalue weighted by Crippen LogP contribution is -2.36. The van der Waals surface area contributed by atoms with Crippen molar-refractivity contribution in [3.05, 3.63) is 29.3 Å². The van der Waals surface area contributed by atoms with Gasteiger partial charge in [0, 0.05) is 25.9 Å². The monoisotopic (exact) mass is 351 g/mol. The number of β-amino-alcohol motifs (C(OH)–C–C–N with tert-alkyl or cyclic N) is 1. The lowest BCUT2D eigenvalue weighted by atomic mass is 10.0. The van der Waals surface area contributed by atoms with Crippen molar-refractivity contribution < 1.29 is 26.7 Å². The topological polar surface area (TPSA) is 57.6 Å². The molecule has 0 aromatic heterocycles. The normalized spacial score (nSPS) is 18.3. The Morgan fingerprint density at radius 1 is 1.22 bits per heavy atom. The van der Waals surface area contributed by atoms with Gasteiger partial charge in [-0.15, -0.1) is 0 Å². The molecule has 0 bridgehead atoms. The Morgan fingerprint density at radius 3 is 2.39 bits per heavy atom. The van der Waals surface area contributed by atoms with Crippen molar-refractivity contribution in [2.45, 2.75) is 36.4 Å². The summed E-state index contributed by atoms with van der Waals surface area (Å²) in [6.45, 7) is 1.00. The van der Waals surface area contributed by atoms with Crippen LogP contribution < -0.4 is 0 Å². The minimum Gasteiger partial charge on any atom is -0.391 e. The highest BCUT2D eigenvalue weighted by atomic mass is 32.2.